The minimum Gasteiger partial charge on any atom is -0.391 e. The van der Waals surface area contributed by atoms with Gasteiger partial charge in [-0.25, -0.2) is 5.48 Å². The normalized spacial score (nSPS) is 29.2. The summed E-state index contributed by atoms with van der Waals surface area (Å²) in [7, 11) is 0. The third kappa shape index (κ3) is 3.25. The number of carbonyl (C=O) groups is 2. The van der Waals surface area contributed by atoms with Crippen LogP contribution in [0.5, 0.6) is 0 Å². The number of aliphatic hydroxyl groups is 2. The van der Waals surface area contributed by atoms with Crippen LogP contribution < -0.4 is 10.8 Å². The summed E-state index contributed by atoms with van der Waals surface area (Å²) in [4.78, 5) is 25.1. The Balaban J connectivity index is 1.72. The Kier molecular flexibility index (Phi) is 4.54. The van der Waals surface area contributed by atoms with E-state index >= 15 is 0 Å². The lowest BCUT2D eigenvalue weighted by Gasteiger charge is -2.18. The molecule has 1 aromatic rings. The van der Waals surface area contributed by atoms with Gasteiger partial charge >= 0.3 is 0 Å². The summed E-state index contributed by atoms with van der Waals surface area (Å²) in [5, 5.41) is 30.8. The van der Waals surface area contributed by atoms with E-state index in [2.05, 4.69) is 5.32 Å². The maximum Gasteiger partial charge on any atom is 0.268 e. The maximum atomic E-state index is 12.3. The highest BCUT2D eigenvalue weighted by Gasteiger charge is 2.58. The van der Waals surface area contributed by atoms with Crippen molar-refractivity contribution in [3.63, 3.8) is 0 Å². The molecule has 3 unspecified atom stereocenters. The summed E-state index contributed by atoms with van der Waals surface area (Å²) in [5.41, 5.74) is 1.68. The second-order valence-corrected chi connectivity index (χ2v) is 7.67. The van der Waals surface area contributed by atoms with E-state index in [1.54, 1.807) is 12.1 Å². The van der Waals surface area contributed by atoms with Crippen molar-refractivity contribution in [3.05, 3.63) is 40.1 Å². The number of aliphatic hydroxyl groups excluding tert-OH is 1. The van der Waals surface area contributed by atoms with Gasteiger partial charge in [-0.15, -0.1) is 11.3 Å². The van der Waals surface area contributed by atoms with Crippen LogP contribution in [0.1, 0.15) is 28.4 Å². The number of hydrogen-bond donors (Lipinski definition) is 5. The molecule has 5 N–H and O–H groups in total. The predicted octanol–water partition coefficient (Wildman–Crippen LogP) is 0.683. The van der Waals surface area contributed by atoms with Gasteiger partial charge in [0, 0.05) is 16.7 Å². The molecule has 1 heterocycles. The molecule has 1 aromatic heterocycles. The zero-order valence-corrected chi connectivity index (χ0v) is 14.6. The van der Waals surface area contributed by atoms with E-state index in [1.807, 2.05) is 25.2 Å². The first-order chi connectivity index (χ1) is 11.8. The molecule has 0 spiro atoms. The quantitative estimate of drug-likeness (QED) is 0.389. The minimum absolute atomic E-state index is 0.0970. The zero-order valence-electron chi connectivity index (χ0n) is 13.8. The van der Waals surface area contributed by atoms with Gasteiger partial charge in [-0.05, 0) is 31.6 Å². The van der Waals surface area contributed by atoms with Crippen LogP contribution in [-0.4, -0.2) is 45.0 Å². The van der Waals surface area contributed by atoms with Gasteiger partial charge in [0.1, 0.15) is 6.04 Å². The van der Waals surface area contributed by atoms with Crippen LogP contribution in [0.15, 0.2) is 30.4 Å². The summed E-state index contributed by atoms with van der Waals surface area (Å²) in [6.07, 6.45) is 4.77. The molecule has 0 bridgehead atoms. The van der Waals surface area contributed by atoms with E-state index in [-0.39, 0.29) is 11.8 Å². The lowest BCUT2D eigenvalue weighted by Crippen LogP contribution is -2.51. The first kappa shape index (κ1) is 17.8. The molecule has 134 valence electrons. The highest BCUT2D eigenvalue weighted by Crippen LogP contribution is 2.55. The Morgan fingerprint density at radius 2 is 2.04 bits per heavy atom. The molecule has 0 radical (unpaired) electrons. The Bertz CT molecular complexity index is 765. The van der Waals surface area contributed by atoms with Gasteiger partial charge in [0.05, 0.1) is 16.6 Å². The maximum absolute atomic E-state index is 12.3. The first-order valence-electron chi connectivity index (χ1n) is 7.91. The fraction of sp³-hybridized carbons (Fsp3) is 0.412. The number of hydroxylamine groups is 1. The molecule has 0 aromatic carbocycles. The Labute approximate surface area is 148 Å². The van der Waals surface area contributed by atoms with E-state index in [0.29, 0.717) is 4.88 Å². The Morgan fingerprint density at radius 1 is 1.32 bits per heavy atom. The van der Waals surface area contributed by atoms with Crippen molar-refractivity contribution in [1.29, 1.82) is 0 Å². The lowest BCUT2D eigenvalue weighted by molar-refractivity contribution is -0.133. The van der Waals surface area contributed by atoms with Gasteiger partial charge in [-0.1, -0.05) is 18.2 Å². The van der Waals surface area contributed by atoms with E-state index in [4.69, 9.17) is 5.21 Å². The molecular weight excluding hydrogens is 344 g/mol. The summed E-state index contributed by atoms with van der Waals surface area (Å²) >= 11 is 1.25. The van der Waals surface area contributed by atoms with E-state index in [1.165, 1.54) is 23.7 Å². The highest BCUT2D eigenvalue weighted by molar-refractivity contribution is 7.15. The fourth-order valence-electron chi connectivity index (χ4n) is 3.08. The number of hydrogen-bond acceptors (Lipinski definition) is 6. The highest BCUT2D eigenvalue weighted by atomic mass is 32.1. The van der Waals surface area contributed by atoms with Crippen molar-refractivity contribution < 1.29 is 25.0 Å². The van der Waals surface area contributed by atoms with Crippen molar-refractivity contribution in [1.82, 2.24) is 10.8 Å². The van der Waals surface area contributed by atoms with E-state index in [9.17, 15) is 19.8 Å². The number of carbonyl (C=O) groups excluding carboxylic acids is 2. The van der Waals surface area contributed by atoms with E-state index in [0.717, 1.165) is 10.5 Å². The number of amides is 2. The van der Waals surface area contributed by atoms with Gasteiger partial charge in [-0.3, -0.25) is 14.8 Å². The van der Waals surface area contributed by atoms with Crippen molar-refractivity contribution in [2.75, 3.05) is 0 Å². The third-order valence-electron chi connectivity index (χ3n) is 4.75. The van der Waals surface area contributed by atoms with Crippen LogP contribution in [0.4, 0.5) is 0 Å². The predicted molar refractivity (Wildman–Crippen MR) is 91.9 cm³/mol. The lowest BCUT2D eigenvalue weighted by atomic mass is 10.1. The van der Waals surface area contributed by atoms with Gasteiger partial charge < -0.3 is 15.5 Å². The van der Waals surface area contributed by atoms with Crippen LogP contribution in [-0.2, 0) is 4.79 Å². The molecule has 2 aliphatic rings. The summed E-state index contributed by atoms with van der Waals surface area (Å²) < 4.78 is 0. The zero-order chi connectivity index (χ0) is 18.4. The topological polar surface area (TPSA) is 119 Å². The average Bonchev–Trinajstić information content (AvgIpc) is 2.94. The largest absolute Gasteiger partial charge is 0.391 e. The first-order valence-corrected chi connectivity index (χ1v) is 8.73. The summed E-state index contributed by atoms with van der Waals surface area (Å²) in [5.74, 6) is -1.15. The van der Waals surface area contributed by atoms with Crippen molar-refractivity contribution >= 4 is 28.7 Å². The molecule has 25 heavy (non-hydrogen) atoms. The molecule has 5 atom stereocenters. The Hall–Kier alpha value is -2.00. The number of nitrogens with one attached hydrogen (secondary N) is 2. The molecule has 7 nitrogen and oxygen atoms in total. The molecule has 3 rings (SSSR count). The van der Waals surface area contributed by atoms with Crippen molar-refractivity contribution in [3.8, 4) is 0 Å². The molecule has 2 aliphatic carbocycles. The Morgan fingerprint density at radius 3 is 2.64 bits per heavy atom. The minimum atomic E-state index is -1.25. The van der Waals surface area contributed by atoms with Crippen LogP contribution in [0.3, 0.4) is 0 Å². The SMILES string of the molecule is C[C@@H](O)[C@H](NC(=O)c1ccc(C2=CC3C(C=C2)C3(C)O)s1)C(=O)NO. The number of thiophene rings is 1. The molecule has 1 saturated carbocycles. The second-order valence-electron chi connectivity index (χ2n) is 6.59. The number of rotatable bonds is 5. The molecule has 0 aliphatic heterocycles. The standard InChI is InChI=1S/C17H20N2O5S/c1-8(20)14(16(22)19-24)18-15(21)13-6-5-12(25-13)9-3-4-10-11(7-9)17(10,2)23/h3-8,10-11,14,20,23-24H,1-2H3,(H,18,21)(H,19,22)/t8-,10?,11?,14+,17?/m1/s1. The van der Waals surface area contributed by atoms with Gasteiger partial charge in [0.15, 0.2) is 0 Å². The smallest absolute Gasteiger partial charge is 0.268 e. The molecular formula is C17H20N2O5S. The molecule has 0 saturated heterocycles. The fourth-order valence-corrected chi connectivity index (χ4v) is 3.99. The number of allylic oxidation sites excluding steroid dienone is 2. The van der Waals surface area contributed by atoms with Gasteiger partial charge in [0.25, 0.3) is 11.8 Å². The average molecular weight is 364 g/mol. The molecule has 1 fully saturated rings. The molecule has 2 amide bonds. The second kappa shape index (κ2) is 6.38. The van der Waals surface area contributed by atoms with E-state index < -0.39 is 29.6 Å². The summed E-state index contributed by atoms with van der Waals surface area (Å²) in [6.45, 7) is 3.15. The van der Waals surface area contributed by atoms with Crippen LogP contribution in [0.25, 0.3) is 5.57 Å². The van der Waals surface area contributed by atoms with Gasteiger partial charge in [-0.2, -0.15) is 0 Å². The van der Waals surface area contributed by atoms with Crippen molar-refractivity contribution in [2.45, 2.75) is 31.6 Å². The summed E-state index contributed by atoms with van der Waals surface area (Å²) in [6, 6.07) is 2.19. The van der Waals surface area contributed by atoms with Crippen LogP contribution in [0, 0.1) is 11.8 Å². The monoisotopic (exact) mass is 364 g/mol. The van der Waals surface area contributed by atoms with Crippen molar-refractivity contribution in [2.24, 2.45) is 11.8 Å². The van der Waals surface area contributed by atoms with Crippen LogP contribution in [0.2, 0.25) is 0 Å². The number of fused-ring (bicyclic) bond motifs is 1. The molecule has 8 heteroatoms. The third-order valence-corrected chi connectivity index (χ3v) is 5.88. The van der Waals surface area contributed by atoms with Crippen LogP contribution >= 0.6 is 11.3 Å². The van der Waals surface area contributed by atoms with Gasteiger partial charge in [0.2, 0.25) is 0 Å².